The maximum Gasteiger partial charge on any atom is 0.323 e. The summed E-state index contributed by atoms with van der Waals surface area (Å²) in [6.07, 6.45) is 6.18. The van der Waals surface area contributed by atoms with E-state index in [1.807, 2.05) is 54.6 Å². The molecule has 1 N–H and O–H groups in total. The van der Waals surface area contributed by atoms with Crippen LogP contribution in [-0.4, -0.2) is 57.5 Å². The largest absolute Gasteiger partial charge is 0.480 e. The Kier molecular flexibility index (Phi) is 10.3. The Balaban J connectivity index is 1.41. The zero-order valence-electron chi connectivity index (χ0n) is 23.8. The second kappa shape index (κ2) is 14.5. The molecule has 1 aliphatic rings. The minimum Gasteiger partial charge on any atom is -0.480 e. The zero-order valence-corrected chi connectivity index (χ0v) is 25.3. The molecule has 1 saturated heterocycles. The minimum atomic E-state index is -1.07. The van der Waals surface area contributed by atoms with Crippen LogP contribution in [0.3, 0.4) is 0 Å². The molecule has 43 heavy (non-hydrogen) atoms. The number of hydrogen-bond donors (Lipinski definition) is 1. The zero-order chi connectivity index (χ0) is 30.2. The summed E-state index contributed by atoms with van der Waals surface area (Å²) in [4.78, 5) is 38.9. The van der Waals surface area contributed by atoms with E-state index in [1.165, 1.54) is 10.5 Å². The van der Waals surface area contributed by atoms with Gasteiger partial charge in [-0.05, 0) is 79.5 Å². The third-order valence-electron chi connectivity index (χ3n) is 7.79. The van der Waals surface area contributed by atoms with Gasteiger partial charge in [-0.3, -0.25) is 9.59 Å². The molecule has 0 bridgehead atoms. The van der Waals surface area contributed by atoms with Crippen molar-refractivity contribution in [3.63, 3.8) is 0 Å². The van der Waals surface area contributed by atoms with Crippen molar-refractivity contribution in [3.8, 4) is 0 Å². The van der Waals surface area contributed by atoms with E-state index in [2.05, 4.69) is 22.0 Å². The normalized spacial score (nSPS) is 14.6. The van der Waals surface area contributed by atoms with Crippen LogP contribution < -0.4 is 4.90 Å². The van der Waals surface area contributed by atoms with Gasteiger partial charge in [-0.2, -0.15) is 0 Å². The summed E-state index contributed by atoms with van der Waals surface area (Å²) in [7, 11) is 0. The van der Waals surface area contributed by atoms with Gasteiger partial charge in [0.05, 0.1) is 11.3 Å². The maximum atomic E-state index is 13.9. The van der Waals surface area contributed by atoms with Crippen LogP contribution in [0.1, 0.15) is 45.6 Å². The third-order valence-corrected chi connectivity index (χ3v) is 8.30. The van der Waals surface area contributed by atoms with Crippen molar-refractivity contribution in [2.24, 2.45) is 0 Å². The number of nitrogens with zero attached hydrogens (tertiary/aromatic N) is 4. The van der Waals surface area contributed by atoms with Crippen molar-refractivity contribution >= 4 is 41.0 Å². The smallest absolute Gasteiger partial charge is 0.323 e. The van der Waals surface area contributed by atoms with Crippen molar-refractivity contribution in [1.82, 2.24) is 14.9 Å². The van der Waals surface area contributed by atoms with Crippen molar-refractivity contribution in [2.75, 3.05) is 24.5 Å². The van der Waals surface area contributed by atoms with Gasteiger partial charge in [-0.1, -0.05) is 77.8 Å². The molecule has 0 aliphatic carbocycles. The SMILES string of the molecule is O=C(O)CN(CCc1ccc(Cl)cc1)C(=O)c1cnc(N2CCCC2Cc2ccc(Cl)cc2)nc1CCc1ccccc1. The number of amides is 1. The van der Waals surface area contributed by atoms with E-state index in [4.69, 9.17) is 28.2 Å². The number of rotatable bonds is 12. The number of carbonyl (C=O) groups excluding carboxylic acids is 1. The molecule has 1 unspecified atom stereocenters. The van der Waals surface area contributed by atoms with E-state index in [9.17, 15) is 14.7 Å². The first kappa shape index (κ1) is 30.5. The fourth-order valence-corrected chi connectivity index (χ4v) is 5.78. The number of halogens is 2. The summed E-state index contributed by atoms with van der Waals surface area (Å²) in [6, 6.07) is 25.5. The average Bonchev–Trinajstić information content (AvgIpc) is 3.48. The number of carboxylic acids is 1. The molecule has 1 aliphatic heterocycles. The van der Waals surface area contributed by atoms with E-state index in [0.29, 0.717) is 46.5 Å². The maximum absolute atomic E-state index is 13.9. The van der Waals surface area contributed by atoms with Crippen molar-refractivity contribution in [1.29, 1.82) is 0 Å². The Morgan fingerprint density at radius 1 is 0.860 bits per heavy atom. The van der Waals surface area contributed by atoms with Crippen LogP contribution in [-0.2, 0) is 30.5 Å². The molecular weight excluding hydrogens is 583 g/mol. The molecule has 4 aromatic rings. The van der Waals surface area contributed by atoms with Gasteiger partial charge >= 0.3 is 5.97 Å². The van der Waals surface area contributed by atoms with Crippen LogP contribution in [0.25, 0.3) is 0 Å². The Hall–Kier alpha value is -3.94. The second-order valence-corrected chi connectivity index (χ2v) is 11.7. The van der Waals surface area contributed by atoms with Gasteiger partial charge in [0.1, 0.15) is 6.54 Å². The summed E-state index contributed by atoms with van der Waals surface area (Å²) in [6.45, 7) is 0.652. The second-order valence-electron chi connectivity index (χ2n) is 10.8. The average molecular weight is 618 g/mol. The van der Waals surface area contributed by atoms with E-state index < -0.39 is 12.5 Å². The minimum absolute atomic E-state index is 0.229. The van der Waals surface area contributed by atoms with E-state index >= 15 is 0 Å². The molecule has 9 heteroatoms. The number of carbonyl (C=O) groups is 2. The summed E-state index contributed by atoms with van der Waals surface area (Å²) in [5.41, 5.74) is 4.25. The number of anilines is 1. The van der Waals surface area contributed by atoms with Gasteiger partial charge in [0, 0.05) is 35.4 Å². The van der Waals surface area contributed by atoms with E-state index in [-0.39, 0.29) is 18.5 Å². The third kappa shape index (κ3) is 8.33. The van der Waals surface area contributed by atoms with E-state index in [1.54, 1.807) is 18.3 Å². The molecule has 0 saturated carbocycles. The number of benzene rings is 3. The first-order chi connectivity index (χ1) is 20.9. The highest BCUT2D eigenvalue weighted by molar-refractivity contribution is 6.30. The summed E-state index contributed by atoms with van der Waals surface area (Å²) in [5, 5.41) is 11.0. The number of carboxylic acid groups (broad SMARTS) is 1. The van der Waals surface area contributed by atoms with Crippen molar-refractivity contribution < 1.29 is 14.7 Å². The summed E-state index contributed by atoms with van der Waals surface area (Å²) in [5.74, 6) is -0.859. The molecule has 0 radical (unpaired) electrons. The molecule has 1 fully saturated rings. The molecule has 1 amide bonds. The molecule has 0 spiro atoms. The van der Waals surface area contributed by atoms with Gasteiger partial charge in [0.15, 0.2) is 0 Å². The predicted octanol–water partition coefficient (Wildman–Crippen LogP) is 6.55. The van der Waals surface area contributed by atoms with Crippen LogP contribution in [0.5, 0.6) is 0 Å². The predicted molar refractivity (Wildman–Crippen MR) is 170 cm³/mol. The van der Waals surface area contributed by atoms with Crippen molar-refractivity contribution in [3.05, 3.63) is 123 Å². The number of aromatic nitrogens is 2. The molecule has 3 aromatic carbocycles. The van der Waals surface area contributed by atoms with Gasteiger partial charge in [-0.15, -0.1) is 0 Å². The standard InChI is InChI=1S/C34H34Cl2N4O3/c35-27-13-8-25(9-14-27)18-20-39(23-32(41)42)33(43)30-22-37-34(38-31(30)17-12-24-5-2-1-3-6-24)40-19-4-7-29(40)21-26-10-15-28(36)16-11-26/h1-3,5-6,8-11,13-16,22,29H,4,7,12,17-21,23H2,(H,41,42). The highest BCUT2D eigenvalue weighted by atomic mass is 35.5. The first-order valence-corrected chi connectivity index (χ1v) is 15.3. The fraction of sp³-hybridized carbons (Fsp3) is 0.294. The number of aliphatic carboxylic acids is 1. The molecule has 5 rings (SSSR count). The topological polar surface area (TPSA) is 86.6 Å². The monoisotopic (exact) mass is 616 g/mol. The van der Waals surface area contributed by atoms with Crippen LogP contribution in [0.15, 0.2) is 85.1 Å². The lowest BCUT2D eigenvalue weighted by Gasteiger charge is -2.26. The fourth-order valence-electron chi connectivity index (χ4n) is 5.53. The van der Waals surface area contributed by atoms with Gasteiger partial charge < -0.3 is 14.9 Å². The van der Waals surface area contributed by atoms with E-state index in [0.717, 1.165) is 36.9 Å². The highest BCUT2D eigenvalue weighted by Gasteiger charge is 2.29. The summed E-state index contributed by atoms with van der Waals surface area (Å²) < 4.78 is 0. The Morgan fingerprint density at radius 3 is 2.19 bits per heavy atom. The number of aryl methyl sites for hydroxylation is 2. The van der Waals surface area contributed by atoms with Crippen LogP contribution in [0.2, 0.25) is 10.0 Å². The van der Waals surface area contributed by atoms with Crippen LogP contribution in [0, 0.1) is 0 Å². The lowest BCUT2D eigenvalue weighted by atomic mass is 10.0. The lowest BCUT2D eigenvalue weighted by molar-refractivity contribution is -0.137. The molecular formula is C34H34Cl2N4O3. The molecule has 222 valence electrons. The first-order valence-electron chi connectivity index (χ1n) is 14.5. The number of hydrogen-bond acceptors (Lipinski definition) is 5. The van der Waals surface area contributed by atoms with Gasteiger partial charge in [0.25, 0.3) is 5.91 Å². The lowest BCUT2D eigenvalue weighted by Crippen LogP contribution is -2.38. The Labute approximate surface area is 262 Å². The quantitative estimate of drug-likeness (QED) is 0.194. The highest BCUT2D eigenvalue weighted by Crippen LogP contribution is 2.27. The Bertz CT molecular complexity index is 1530. The molecule has 2 heterocycles. The van der Waals surface area contributed by atoms with Gasteiger partial charge in [0.2, 0.25) is 5.95 Å². The van der Waals surface area contributed by atoms with Crippen LogP contribution in [0.4, 0.5) is 5.95 Å². The van der Waals surface area contributed by atoms with Gasteiger partial charge in [-0.25, -0.2) is 9.97 Å². The van der Waals surface area contributed by atoms with Crippen LogP contribution >= 0.6 is 23.2 Å². The molecule has 1 aromatic heterocycles. The molecule has 7 nitrogen and oxygen atoms in total. The Morgan fingerprint density at radius 2 is 1.51 bits per heavy atom. The molecule has 1 atom stereocenters. The summed E-state index contributed by atoms with van der Waals surface area (Å²) >= 11 is 12.1. The van der Waals surface area contributed by atoms with Crippen molar-refractivity contribution in [2.45, 2.75) is 44.6 Å².